The first-order chi connectivity index (χ1) is 12.4. The molecule has 2 N–H and O–H groups in total. The molecule has 0 saturated carbocycles. The van der Waals surface area contributed by atoms with Crippen LogP contribution in [0.5, 0.6) is 0 Å². The number of amides is 2. The number of rotatable bonds is 7. The zero-order valence-electron chi connectivity index (χ0n) is 14.9. The van der Waals surface area contributed by atoms with E-state index in [0.29, 0.717) is 33.4 Å². The van der Waals surface area contributed by atoms with Crippen LogP contribution in [0.3, 0.4) is 0 Å². The minimum absolute atomic E-state index is 0.0975. The van der Waals surface area contributed by atoms with Crippen molar-refractivity contribution in [3.8, 4) is 0 Å². The maximum Gasteiger partial charge on any atom is 0.350 e. The van der Waals surface area contributed by atoms with Gasteiger partial charge in [0, 0.05) is 17.7 Å². The maximum absolute atomic E-state index is 12.4. The molecular formula is C18H21N3O4S. The van der Waals surface area contributed by atoms with E-state index in [0.717, 1.165) is 17.8 Å². The number of carbonyl (C=O) groups excluding carboxylic acids is 3. The van der Waals surface area contributed by atoms with Crippen molar-refractivity contribution in [2.24, 2.45) is 0 Å². The molecule has 0 aliphatic heterocycles. The Balaban J connectivity index is 2.09. The van der Waals surface area contributed by atoms with E-state index in [1.165, 1.54) is 0 Å². The van der Waals surface area contributed by atoms with Crippen molar-refractivity contribution in [3.63, 3.8) is 0 Å². The summed E-state index contributed by atoms with van der Waals surface area (Å²) in [4.78, 5) is 40.5. The smallest absolute Gasteiger partial charge is 0.350 e. The summed E-state index contributed by atoms with van der Waals surface area (Å²) in [7, 11) is 0. The predicted octanol–water partition coefficient (Wildman–Crippen LogP) is 3.62. The van der Waals surface area contributed by atoms with Crippen molar-refractivity contribution >= 4 is 39.9 Å². The highest BCUT2D eigenvalue weighted by Gasteiger charge is 2.18. The lowest BCUT2D eigenvalue weighted by Crippen LogP contribution is -2.14. The number of ether oxygens (including phenoxy) is 1. The van der Waals surface area contributed by atoms with Crippen LogP contribution in [0.4, 0.5) is 10.8 Å². The molecule has 2 amide bonds. The second kappa shape index (κ2) is 9.10. The number of esters is 1. The molecule has 0 radical (unpaired) electrons. The number of thiazole rings is 1. The summed E-state index contributed by atoms with van der Waals surface area (Å²) in [5.41, 5.74) is 1.44. The summed E-state index contributed by atoms with van der Waals surface area (Å²) in [6, 6.07) is 6.64. The number of anilines is 2. The summed E-state index contributed by atoms with van der Waals surface area (Å²) >= 11 is 1.06. The zero-order chi connectivity index (χ0) is 19.1. The van der Waals surface area contributed by atoms with Gasteiger partial charge in [0.25, 0.3) is 5.91 Å². The Bertz CT molecular complexity index is 817. The molecule has 7 nitrogen and oxygen atoms in total. The van der Waals surface area contributed by atoms with Gasteiger partial charge in [0.1, 0.15) is 4.88 Å². The van der Waals surface area contributed by atoms with Crippen LogP contribution in [0.2, 0.25) is 0 Å². The van der Waals surface area contributed by atoms with Crippen molar-refractivity contribution in [1.29, 1.82) is 0 Å². The Morgan fingerprint density at radius 3 is 2.65 bits per heavy atom. The highest BCUT2D eigenvalue weighted by molar-refractivity contribution is 7.17. The molecule has 138 valence electrons. The number of nitrogens with zero attached hydrogens (tertiary/aromatic N) is 1. The van der Waals surface area contributed by atoms with Crippen LogP contribution in [0, 0.1) is 6.92 Å². The van der Waals surface area contributed by atoms with Crippen LogP contribution in [0.1, 0.15) is 52.4 Å². The van der Waals surface area contributed by atoms with E-state index in [1.807, 2.05) is 6.92 Å². The Morgan fingerprint density at radius 2 is 1.96 bits per heavy atom. The average Bonchev–Trinajstić information content (AvgIpc) is 2.96. The van der Waals surface area contributed by atoms with Gasteiger partial charge in [-0.05, 0) is 38.5 Å². The molecule has 1 aromatic heterocycles. The molecule has 1 aromatic carbocycles. The van der Waals surface area contributed by atoms with E-state index < -0.39 is 5.97 Å². The molecule has 0 unspecified atom stereocenters. The third-order valence-electron chi connectivity index (χ3n) is 3.36. The van der Waals surface area contributed by atoms with Gasteiger partial charge in [0.15, 0.2) is 5.13 Å². The van der Waals surface area contributed by atoms with Crippen LogP contribution in [0.15, 0.2) is 24.3 Å². The molecule has 0 saturated heterocycles. The normalized spacial score (nSPS) is 10.3. The third kappa shape index (κ3) is 5.13. The summed E-state index contributed by atoms with van der Waals surface area (Å²) in [6.45, 7) is 5.60. The number of benzene rings is 1. The highest BCUT2D eigenvalue weighted by Crippen LogP contribution is 2.24. The number of carbonyl (C=O) groups is 3. The van der Waals surface area contributed by atoms with Crippen molar-refractivity contribution in [2.75, 3.05) is 17.2 Å². The Morgan fingerprint density at radius 1 is 1.19 bits per heavy atom. The molecule has 2 aromatic rings. The molecule has 0 bridgehead atoms. The molecular weight excluding hydrogens is 354 g/mol. The number of hydrogen-bond acceptors (Lipinski definition) is 6. The summed E-state index contributed by atoms with van der Waals surface area (Å²) in [6.07, 6.45) is 1.17. The van der Waals surface area contributed by atoms with Gasteiger partial charge in [-0.15, -0.1) is 0 Å². The zero-order valence-corrected chi connectivity index (χ0v) is 15.7. The molecule has 0 spiro atoms. The molecule has 8 heteroatoms. The summed E-state index contributed by atoms with van der Waals surface area (Å²) < 4.78 is 4.96. The Kier molecular flexibility index (Phi) is 6.85. The van der Waals surface area contributed by atoms with Gasteiger partial charge < -0.3 is 10.1 Å². The van der Waals surface area contributed by atoms with Crippen molar-refractivity contribution in [2.45, 2.75) is 33.6 Å². The van der Waals surface area contributed by atoms with Crippen LogP contribution >= 0.6 is 11.3 Å². The van der Waals surface area contributed by atoms with Gasteiger partial charge in [0.2, 0.25) is 5.91 Å². The lowest BCUT2D eigenvalue weighted by Gasteiger charge is -2.07. The fourth-order valence-electron chi connectivity index (χ4n) is 2.19. The van der Waals surface area contributed by atoms with E-state index in [-0.39, 0.29) is 18.4 Å². The standard InChI is InChI=1S/C18H21N3O4S/c1-4-7-14(22)20-13-9-6-8-12(10-13)16(23)21-18-19-11(3)15(26-18)17(24)25-5-2/h6,8-10H,4-5,7H2,1-3H3,(H,20,22)(H,19,21,23). The summed E-state index contributed by atoms with van der Waals surface area (Å²) in [5.74, 6) is -0.927. The molecule has 0 fully saturated rings. The first kappa shape index (κ1) is 19.6. The van der Waals surface area contributed by atoms with E-state index in [2.05, 4.69) is 15.6 Å². The maximum atomic E-state index is 12.4. The lowest BCUT2D eigenvalue weighted by atomic mass is 10.2. The minimum Gasteiger partial charge on any atom is -0.462 e. The van der Waals surface area contributed by atoms with Gasteiger partial charge in [-0.2, -0.15) is 0 Å². The van der Waals surface area contributed by atoms with Crippen LogP contribution in [-0.2, 0) is 9.53 Å². The fraction of sp³-hybridized carbons (Fsp3) is 0.333. The van der Waals surface area contributed by atoms with Gasteiger partial charge in [-0.3, -0.25) is 14.9 Å². The largest absolute Gasteiger partial charge is 0.462 e. The minimum atomic E-state index is -0.455. The second-order valence-corrected chi connectivity index (χ2v) is 6.49. The number of hydrogen-bond donors (Lipinski definition) is 2. The predicted molar refractivity (Wildman–Crippen MR) is 101 cm³/mol. The van der Waals surface area contributed by atoms with Gasteiger partial charge in [-0.25, -0.2) is 9.78 Å². The summed E-state index contributed by atoms with van der Waals surface area (Å²) in [5, 5.41) is 5.74. The number of nitrogens with one attached hydrogen (secondary N) is 2. The Hall–Kier alpha value is -2.74. The topological polar surface area (TPSA) is 97.4 Å². The van der Waals surface area contributed by atoms with E-state index in [4.69, 9.17) is 4.74 Å². The van der Waals surface area contributed by atoms with Gasteiger partial charge in [0.05, 0.1) is 12.3 Å². The number of aryl methyl sites for hydroxylation is 1. The first-order valence-electron chi connectivity index (χ1n) is 8.30. The molecule has 0 aliphatic rings. The average molecular weight is 375 g/mol. The number of aromatic nitrogens is 1. The molecule has 2 rings (SSSR count). The lowest BCUT2D eigenvalue weighted by molar-refractivity contribution is -0.116. The SMILES string of the molecule is CCCC(=O)Nc1cccc(C(=O)Nc2nc(C)c(C(=O)OCC)s2)c1. The highest BCUT2D eigenvalue weighted by atomic mass is 32.1. The quantitative estimate of drug-likeness (QED) is 0.721. The van der Waals surface area contributed by atoms with Crippen molar-refractivity contribution in [1.82, 2.24) is 4.98 Å². The first-order valence-corrected chi connectivity index (χ1v) is 9.12. The molecule has 0 atom stereocenters. The monoisotopic (exact) mass is 375 g/mol. The van der Waals surface area contributed by atoms with Crippen molar-refractivity contribution in [3.05, 3.63) is 40.4 Å². The van der Waals surface area contributed by atoms with Crippen LogP contribution < -0.4 is 10.6 Å². The van der Waals surface area contributed by atoms with Gasteiger partial charge >= 0.3 is 5.97 Å². The van der Waals surface area contributed by atoms with Crippen LogP contribution in [-0.4, -0.2) is 29.4 Å². The fourth-order valence-corrected chi connectivity index (χ4v) is 3.05. The molecule has 1 heterocycles. The van der Waals surface area contributed by atoms with E-state index in [1.54, 1.807) is 38.1 Å². The van der Waals surface area contributed by atoms with Crippen molar-refractivity contribution < 1.29 is 19.1 Å². The molecule has 26 heavy (non-hydrogen) atoms. The van der Waals surface area contributed by atoms with Crippen LogP contribution in [0.25, 0.3) is 0 Å². The Labute approximate surface area is 155 Å². The molecule has 0 aliphatic carbocycles. The van der Waals surface area contributed by atoms with E-state index >= 15 is 0 Å². The van der Waals surface area contributed by atoms with E-state index in [9.17, 15) is 14.4 Å². The van der Waals surface area contributed by atoms with Gasteiger partial charge in [-0.1, -0.05) is 24.3 Å². The second-order valence-electron chi connectivity index (χ2n) is 5.49. The third-order valence-corrected chi connectivity index (χ3v) is 4.42.